The lowest BCUT2D eigenvalue weighted by molar-refractivity contribution is 0.145. The van der Waals surface area contributed by atoms with E-state index in [9.17, 15) is 4.79 Å². The largest absolute Gasteiger partial charge is 0.442 e. The predicted octanol–water partition coefficient (Wildman–Crippen LogP) is 5.64. The van der Waals surface area contributed by atoms with Gasteiger partial charge in [-0.2, -0.15) is 0 Å². The third kappa shape index (κ3) is 5.06. The minimum atomic E-state index is -0.819. The Balaban J connectivity index is 2.51. The molecule has 0 radical (unpaired) electrons. The van der Waals surface area contributed by atoms with Crippen molar-refractivity contribution in [3.05, 3.63) is 39.8 Å². The van der Waals surface area contributed by atoms with Crippen LogP contribution in [-0.4, -0.2) is 15.6 Å². The van der Waals surface area contributed by atoms with Gasteiger partial charge in [-0.1, -0.05) is 48.8 Å². The van der Waals surface area contributed by atoms with E-state index < -0.39 is 6.09 Å². The van der Waals surface area contributed by atoms with E-state index in [4.69, 9.17) is 33.7 Å². The van der Waals surface area contributed by atoms with Crippen LogP contribution in [0.4, 0.5) is 4.79 Å². The van der Waals surface area contributed by atoms with Crippen LogP contribution in [0.25, 0.3) is 0 Å². The van der Waals surface area contributed by atoms with Crippen molar-refractivity contribution >= 4 is 41.1 Å². The molecule has 1 aromatic heterocycles. The van der Waals surface area contributed by atoms with Crippen LogP contribution in [0, 0.1) is 0 Å². The van der Waals surface area contributed by atoms with E-state index in [1.807, 2.05) is 12.1 Å². The Hall–Kier alpha value is -1.37. The Morgan fingerprint density at radius 1 is 1.24 bits per heavy atom. The molecule has 0 bridgehead atoms. The summed E-state index contributed by atoms with van der Waals surface area (Å²) in [5.41, 5.74) is 6.02. The average molecular weight is 402 g/mol. The molecule has 136 valence electrons. The van der Waals surface area contributed by atoms with E-state index >= 15 is 0 Å². The first kappa shape index (κ1) is 19.9. The molecule has 2 N–H and O–H groups in total. The minimum absolute atomic E-state index is 0.0318. The van der Waals surface area contributed by atoms with Crippen molar-refractivity contribution in [1.29, 1.82) is 0 Å². The van der Waals surface area contributed by atoms with Gasteiger partial charge in [-0.15, -0.1) is 0 Å². The lowest BCUT2D eigenvalue weighted by Gasteiger charge is -2.16. The Kier molecular flexibility index (Phi) is 6.65. The lowest BCUT2D eigenvalue weighted by atomic mass is 10.1. The number of hydrogen-bond acceptors (Lipinski definition) is 4. The van der Waals surface area contributed by atoms with E-state index in [2.05, 4.69) is 37.2 Å². The highest BCUT2D eigenvalue weighted by atomic mass is 35.5. The van der Waals surface area contributed by atoms with Gasteiger partial charge in [-0.05, 0) is 38.0 Å². The summed E-state index contributed by atoms with van der Waals surface area (Å²) in [4.78, 5) is 16.6. The number of ether oxygens (including phenoxy) is 1. The van der Waals surface area contributed by atoms with E-state index in [0.717, 1.165) is 15.6 Å². The number of imidazole rings is 1. The maximum atomic E-state index is 11.0. The van der Waals surface area contributed by atoms with E-state index in [-0.39, 0.29) is 18.6 Å². The molecule has 1 heterocycles. The zero-order valence-corrected chi connectivity index (χ0v) is 16.9. The van der Waals surface area contributed by atoms with Crippen molar-refractivity contribution in [2.45, 2.75) is 56.2 Å². The van der Waals surface area contributed by atoms with Gasteiger partial charge < -0.3 is 15.0 Å². The van der Waals surface area contributed by atoms with Crippen LogP contribution < -0.4 is 5.73 Å². The number of rotatable bonds is 6. The average Bonchev–Trinajstić information content (AvgIpc) is 2.82. The molecule has 25 heavy (non-hydrogen) atoms. The van der Waals surface area contributed by atoms with Crippen LogP contribution in [0.15, 0.2) is 28.1 Å². The number of amides is 1. The second-order valence-electron chi connectivity index (χ2n) is 6.15. The number of primary amides is 1. The van der Waals surface area contributed by atoms with Crippen molar-refractivity contribution in [1.82, 2.24) is 9.55 Å². The van der Waals surface area contributed by atoms with Gasteiger partial charge >= 0.3 is 6.09 Å². The Bertz CT molecular complexity index is 755. The second-order valence-corrected chi connectivity index (χ2v) is 8.09. The van der Waals surface area contributed by atoms with Crippen molar-refractivity contribution < 1.29 is 9.53 Å². The summed E-state index contributed by atoms with van der Waals surface area (Å²) in [6.45, 7) is 8.27. The summed E-state index contributed by atoms with van der Waals surface area (Å²) < 4.78 is 7.01. The zero-order chi connectivity index (χ0) is 18.7. The highest BCUT2D eigenvalue weighted by molar-refractivity contribution is 7.99. The molecule has 2 rings (SSSR count). The predicted molar refractivity (Wildman–Crippen MR) is 102 cm³/mol. The molecule has 5 nitrogen and oxygen atoms in total. The van der Waals surface area contributed by atoms with Crippen molar-refractivity contribution in [3.8, 4) is 0 Å². The van der Waals surface area contributed by atoms with Crippen molar-refractivity contribution in [2.75, 3.05) is 0 Å². The topological polar surface area (TPSA) is 70.1 Å². The molecular weight excluding hydrogens is 381 g/mol. The first-order chi connectivity index (χ1) is 11.7. The van der Waals surface area contributed by atoms with E-state index in [0.29, 0.717) is 15.9 Å². The van der Waals surface area contributed by atoms with Crippen molar-refractivity contribution in [3.63, 3.8) is 0 Å². The smallest absolute Gasteiger partial charge is 0.404 e. The molecule has 0 spiro atoms. The minimum Gasteiger partial charge on any atom is -0.442 e. The molecule has 1 amide bonds. The van der Waals surface area contributed by atoms with Gasteiger partial charge in [-0.25, -0.2) is 9.78 Å². The summed E-state index contributed by atoms with van der Waals surface area (Å²) in [6.07, 6.45) is -0.819. The summed E-state index contributed by atoms with van der Waals surface area (Å²) in [7, 11) is 0. The third-order valence-corrected chi connectivity index (χ3v) is 4.93. The monoisotopic (exact) mass is 401 g/mol. The Labute approximate surface area is 161 Å². The fraction of sp³-hybridized carbons (Fsp3) is 0.412. The molecule has 0 fully saturated rings. The first-order valence-electron chi connectivity index (χ1n) is 7.86. The molecule has 0 saturated heterocycles. The number of carbonyl (C=O) groups is 1. The normalized spacial score (nSPS) is 11.4. The van der Waals surface area contributed by atoms with Crippen molar-refractivity contribution in [2.24, 2.45) is 5.73 Å². The van der Waals surface area contributed by atoms with Gasteiger partial charge in [0, 0.05) is 21.0 Å². The number of nitrogens with zero attached hydrogens (tertiary/aromatic N) is 2. The van der Waals surface area contributed by atoms with Gasteiger partial charge in [0.1, 0.15) is 10.9 Å². The quantitative estimate of drug-likeness (QED) is 0.679. The lowest BCUT2D eigenvalue weighted by Crippen LogP contribution is -2.16. The standard InChI is InChI=1S/C17H21Cl2N3O2S/c1-9(2)15-16(25-13-6-11(18)5-12(19)7-13)22(10(3)4)14(21-15)8-24-17(20)23/h5-7,9-10H,8H2,1-4H3,(H2,20,23). The maximum Gasteiger partial charge on any atom is 0.404 e. The third-order valence-electron chi connectivity index (χ3n) is 3.42. The first-order valence-corrected chi connectivity index (χ1v) is 9.43. The second kappa shape index (κ2) is 8.34. The molecule has 0 unspecified atom stereocenters. The number of benzene rings is 1. The maximum absolute atomic E-state index is 11.0. The van der Waals surface area contributed by atoms with Crippen LogP contribution in [0.5, 0.6) is 0 Å². The molecule has 0 saturated carbocycles. The summed E-state index contributed by atoms with van der Waals surface area (Å²) in [5, 5.41) is 2.13. The van der Waals surface area contributed by atoms with E-state index in [1.165, 1.54) is 0 Å². The van der Waals surface area contributed by atoms with Gasteiger partial charge in [-0.3, -0.25) is 0 Å². The zero-order valence-electron chi connectivity index (χ0n) is 14.5. The fourth-order valence-corrected chi connectivity index (χ4v) is 4.48. The van der Waals surface area contributed by atoms with Crippen LogP contribution >= 0.6 is 35.0 Å². The molecule has 0 atom stereocenters. The molecule has 1 aromatic carbocycles. The van der Waals surface area contributed by atoms with Gasteiger partial charge in [0.2, 0.25) is 0 Å². The van der Waals surface area contributed by atoms with E-state index in [1.54, 1.807) is 17.8 Å². The SMILES string of the molecule is CC(C)c1nc(COC(N)=O)n(C(C)C)c1Sc1cc(Cl)cc(Cl)c1. The highest BCUT2D eigenvalue weighted by Gasteiger charge is 2.23. The number of carbonyl (C=O) groups excluding carboxylic acids is 1. The number of hydrogen-bond donors (Lipinski definition) is 1. The molecule has 0 aliphatic carbocycles. The molecule has 0 aliphatic heterocycles. The number of aromatic nitrogens is 2. The Morgan fingerprint density at radius 3 is 2.32 bits per heavy atom. The number of nitrogens with two attached hydrogens (primary N) is 1. The molecular formula is C17H21Cl2N3O2S. The summed E-state index contributed by atoms with van der Waals surface area (Å²) >= 11 is 13.8. The Morgan fingerprint density at radius 2 is 1.84 bits per heavy atom. The van der Waals surface area contributed by atoms with Gasteiger partial charge in [0.05, 0.1) is 5.69 Å². The molecule has 0 aliphatic rings. The van der Waals surface area contributed by atoms with Crippen LogP contribution in [0.3, 0.4) is 0 Å². The van der Waals surface area contributed by atoms with Gasteiger partial charge in [0.25, 0.3) is 0 Å². The van der Waals surface area contributed by atoms with Crippen LogP contribution in [-0.2, 0) is 11.3 Å². The number of halogens is 2. The van der Waals surface area contributed by atoms with Crippen LogP contribution in [0.1, 0.15) is 51.2 Å². The fourth-order valence-electron chi connectivity index (χ4n) is 2.43. The molecule has 2 aromatic rings. The summed E-state index contributed by atoms with van der Waals surface area (Å²) in [6, 6.07) is 5.55. The summed E-state index contributed by atoms with van der Waals surface area (Å²) in [5.74, 6) is 0.859. The molecule has 8 heteroatoms. The van der Waals surface area contributed by atoms with Gasteiger partial charge in [0.15, 0.2) is 6.61 Å². The van der Waals surface area contributed by atoms with Crippen LogP contribution in [0.2, 0.25) is 10.0 Å². The highest BCUT2D eigenvalue weighted by Crippen LogP contribution is 2.38.